The van der Waals surface area contributed by atoms with Gasteiger partial charge in [-0.05, 0) is 7.05 Å². The smallest absolute Gasteiger partial charge is 0.0558 e. The van der Waals surface area contributed by atoms with Crippen molar-refractivity contribution in [3.8, 4) is 0 Å². The standard InChI is InChI=1S/C7H16N2O.C4H10N2/c1-8-2-4-9(5-3-8)6-7-10;1-2-6-4-3-5-1/h10H,2-7H2,1H3;5-6H,1-4H2. The van der Waals surface area contributed by atoms with Crippen molar-refractivity contribution in [3.05, 3.63) is 0 Å². The van der Waals surface area contributed by atoms with Crippen molar-refractivity contribution in [1.82, 2.24) is 20.4 Å². The molecule has 2 heterocycles. The third-order valence-electron chi connectivity index (χ3n) is 2.97. The highest BCUT2D eigenvalue weighted by Crippen LogP contribution is 1.96. The average molecular weight is 230 g/mol. The Morgan fingerprint density at radius 2 is 1.44 bits per heavy atom. The predicted octanol–water partition coefficient (Wildman–Crippen LogP) is -1.59. The van der Waals surface area contributed by atoms with Crippen LogP contribution >= 0.6 is 0 Å². The fourth-order valence-corrected chi connectivity index (χ4v) is 1.82. The van der Waals surface area contributed by atoms with Crippen molar-refractivity contribution in [2.75, 3.05) is 72.6 Å². The second-order valence-electron chi connectivity index (χ2n) is 4.37. The quantitative estimate of drug-likeness (QED) is 0.534. The largest absolute Gasteiger partial charge is 0.395 e. The molecule has 0 bridgehead atoms. The maximum Gasteiger partial charge on any atom is 0.0558 e. The van der Waals surface area contributed by atoms with Gasteiger partial charge in [0.1, 0.15) is 0 Å². The summed E-state index contributed by atoms with van der Waals surface area (Å²) in [5.41, 5.74) is 0. The molecule has 96 valence electrons. The van der Waals surface area contributed by atoms with Crippen LogP contribution in [0.5, 0.6) is 0 Å². The lowest BCUT2D eigenvalue weighted by Gasteiger charge is -2.31. The summed E-state index contributed by atoms with van der Waals surface area (Å²) in [7, 11) is 2.14. The molecule has 2 saturated heterocycles. The molecule has 0 aromatic rings. The van der Waals surface area contributed by atoms with Gasteiger partial charge >= 0.3 is 0 Å². The molecule has 5 nitrogen and oxygen atoms in total. The number of nitrogens with one attached hydrogen (secondary N) is 2. The molecule has 0 atom stereocenters. The fourth-order valence-electron chi connectivity index (χ4n) is 1.82. The van der Waals surface area contributed by atoms with Crippen molar-refractivity contribution < 1.29 is 5.11 Å². The van der Waals surface area contributed by atoms with Crippen molar-refractivity contribution in [2.45, 2.75) is 0 Å². The summed E-state index contributed by atoms with van der Waals surface area (Å²) < 4.78 is 0. The first-order valence-electron chi connectivity index (χ1n) is 6.26. The van der Waals surface area contributed by atoms with Crippen LogP contribution in [-0.2, 0) is 0 Å². The number of hydrogen-bond acceptors (Lipinski definition) is 5. The van der Waals surface area contributed by atoms with Gasteiger partial charge in [0, 0.05) is 58.9 Å². The molecule has 0 unspecified atom stereocenters. The number of piperazine rings is 2. The van der Waals surface area contributed by atoms with E-state index in [9.17, 15) is 0 Å². The van der Waals surface area contributed by atoms with Crippen LogP contribution in [-0.4, -0.2) is 87.5 Å². The Balaban J connectivity index is 0.000000181. The van der Waals surface area contributed by atoms with Crippen LogP contribution in [0.3, 0.4) is 0 Å². The van der Waals surface area contributed by atoms with E-state index >= 15 is 0 Å². The van der Waals surface area contributed by atoms with Gasteiger partial charge in [-0.15, -0.1) is 0 Å². The molecule has 0 amide bonds. The van der Waals surface area contributed by atoms with E-state index in [1.165, 1.54) is 0 Å². The van der Waals surface area contributed by atoms with Crippen LogP contribution < -0.4 is 10.6 Å². The Kier molecular flexibility index (Phi) is 7.71. The highest BCUT2D eigenvalue weighted by atomic mass is 16.3. The van der Waals surface area contributed by atoms with Crippen LogP contribution in [0.2, 0.25) is 0 Å². The van der Waals surface area contributed by atoms with E-state index in [2.05, 4.69) is 27.5 Å². The Hall–Kier alpha value is -0.200. The molecule has 0 spiro atoms. The number of rotatable bonds is 2. The fraction of sp³-hybridized carbons (Fsp3) is 1.00. The van der Waals surface area contributed by atoms with E-state index in [1.807, 2.05) is 0 Å². The molecule has 2 aliphatic rings. The lowest BCUT2D eigenvalue weighted by Crippen LogP contribution is -2.45. The number of aliphatic hydroxyl groups excluding tert-OH is 1. The van der Waals surface area contributed by atoms with E-state index in [1.54, 1.807) is 0 Å². The lowest BCUT2D eigenvalue weighted by molar-refractivity contribution is 0.128. The Morgan fingerprint density at radius 1 is 0.938 bits per heavy atom. The molecule has 3 N–H and O–H groups in total. The van der Waals surface area contributed by atoms with Crippen LogP contribution in [0.4, 0.5) is 0 Å². The highest BCUT2D eigenvalue weighted by molar-refractivity contribution is 4.68. The third kappa shape index (κ3) is 6.40. The number of aliphatic hydroxyl groups is 1. The monoisotopic (exact) mass is 230 g/mol. The Morgan fingerprint density at radius 3 is 1.81 bits per heavy atom. The second kappa shape index (κ2) is 8.90. The molecular formula is C11H26N4O. The number of nitrogens with zero attached hydrogens (tertiary/aromatic N) is 2. The van der Waals surface area contributed by atoms with E-state index in [0.29, 0.717) is 6.61 Å². The minimum absolute atomic E-state index is 0.295. The number of likely N-dealkylation sites (N-methyl/N-ethyl adjacent to an activating group) is 1. The van der Waals surface area contributed by atoms with Gasteiger partial charge in [0.15, 0.2) is 0 Å². The van der Waals surface area contributed by atoms with Gasteiger partial charge in [-0.2, -0.15) is 0 Å². The summed E-state index contributed by atoms with van der Waals surface area (Å²) in [6.07, 6.45) is 0. The first-order valence-corrected chi connectivity index (χ1v) is 6.26. The average Bonchev–Trinajstić information content (AvgIpc) is 2.35. The SMILES string of the molecule is C1CNCCN1.CN1CCN(CCO)CC1. The highest BCUT2D eigenvalue weighted by Gasteiger charge is 2.11. The molecule has 2 fully saturated rings. The summed E-state index contributed by atoms with van der Waals surface area (Å²) >= 11 is 0. The molecule has 0 aromatic carbocycles. The first-order chi connectivity index (χ1) is 7.83. The van der Waals surface area contributed by atoms with Gasteiger partial charge < -0.3 is 20.6 Å². The molecular weight excluding hydrogens is 204 g/mol. The van der Waals surface area contributed by atoms with E-state index in [-0.39, 0.29) is 0 Å². The summed E-state index contributed by atoms with van der Waals surface area (Å²) in [5, 5.41) is 15.1. The molecule has 0 aliphatic carbocycles. The summed E-state index contributed by atoms with van der Waals surface area (Å²) in [6.45, 7) is 10.2. The maximum absolute atomic E-state index is 8.63. The Bertz CT molecular complexity index is 145. The summed E-state index contributed by atoms with van der Waals surface area (Å²) in [5.74, 6) is 0. The van der Waals surface area contributed by atoms with Crippen molar-refractivity contribution in [2.24, 2.45) is 0 Å². The van der Waals surface area contributed by atoms with Crippen molar-refractivity contribution in [3.63, 3.8) is 0 Å². The third-order valence-corrected chi connectivity index (χ3v) is 2.97. The van der Waals surface area contributed by atoms with Crippen LogP contribution in [0.15, 0.2) is 0 Å². The van der Waals surface area contributed by atoms with Gasteiger partial charge in [0.25, 0.3) is 0 Å². The molecule has 0 radical (unpaired) electrons. The molecule has 0 saturated carbocycles. The van der Waals surface area contributed by atoms with Gasteiger partial charge in [-0.25, -0.2) is 0 Å². The maximum atomic E-state index is 8.63. The normalized spacial score (nSPS) is 23.6. The lowest BCUT2D eigenvalue weighted by atomic mass is 10.3. The second-order valence-corrected chi connectivity index (χ2v) is 4.37. The molecule has 2 aliphatic heterocycles. The molecule has 5 heteroatoms. The topological polar surface area (TPSA) is 50.8 Å². The summed E-state index contributed by atoms with van der Waals surface area (Å²) in [4.78, 5) is 4.61. The molecule has 0 aromatic heterocycles. The van der Waals surface area contributed by atoms with Gasteiger partial charge in [-0.3, -0.25) is 4.90 Å². The molecule has 2 rings (SSSR count). The zero-order chi connectivity index (χ0) is 11.6. The van der Waals surface area contributed by atoms with Crippen molar-refractivity contribution >= 4 is 0 Å². The van der Waals surface area contributed by atoms with Crippen LogP contribution in [0.1, 0.15) is 0 Å². The molecule has 16 heavy (non-hydrogen) atoms. The van der Waals surface area contributed by atoms with E-state index in [4.69, 9.17) is 5.11 Å². The first kappa shape index (κ1) is 13.9. The zero-order valence-corrected chi connectivity index (χ0v) is 10.4. The van der Waals surface area contributed by atoms with Crippen LogP contribution in [0.25, 0.3) is 0 Å². The zero-order valence-electron chi connectivity index (χ0n) is 10.4. The number of β-amino-alcohol motifs (C(OH)–C–C–N with tert-alkyl or cyclic N) is 1. The number of hydrogen-bond donors (Lipinski definition) is 3. The van der Waals surface area contributed by atoms with E-state index in [0.717, 1.165) is 58.9 Å². The van der Waals surface area contributed by atoms with Gasteiger partial charge in [0.2, 0.25) is 0 Å². The summed E-state index contributed by atoms with van der Waals surface area (Å²) in [6, 6.07) is 0. The predicted molar refractivity (Wildman–Crippen MR) is 66.8 cm³/mol. The van der Waals surface area contributed by atoms with Crippen molar-refractivity contribution in [1.29, 1.82) is 0 Å². The van der Waals surface area contributed by atoms with Crippen LogP contribution in [0, 0.1) is 0 Å². The van der Waals surface area contributed by atoms with Gasteiger partial charge in [-0.1, -0.05) is 0 Å². The minimum Gasteiger partial charge on any atom is -0.395 e. The van der Waals surface area contributed by atoms with E-state index < -0.39 is 0 Å². The van der Waals surface area contributed by atoms with Gasteiger partial charge in [0.05, 0.1) is 6.61 Å². The Labute approximate surface area is 98.8 Å². The minimum atomic E-state index is 0.295.